The number of hydrogen-bond donors (Lipinski definition) is 1. The highest BCUT2D eigenvalue weighted by molar-refractivity contribution is 5.81. The van der Waals surface area contributed by atoms with Crippen LogP contribution in [0.25, 0.3) is 0 Å². The first kappa shape index (κ1) is 14.4. The van der Waals surface area contributed by atoms with Crippen LogP contribution in [-0.4, -0.2) is 15.8 Å². The molecule has 0 amide bonds. The third kappa shape index (κ3) is 3.14. The lowest BCUT2D eigenvalue weighted by molar-refractivity contribution is -0.385. The summed E-state index contributed by atoms with van der Waals surface area (Å²) in [7, 11) is 0. The van der Waals surface area contributed by atoms with Crippen molar-refractivity contribution >= 4 is 17.7 Å². The van der Waals surface area contributed by atoms with Crippen LogP contribution >= 0.6 is 0 Å². The fourth-order valence-corrected chi connectivity index (χ4v) is 1.87. The first-order valence-corrected chi connectivity index (χ1v) is 6.17. The number of anilines is 1. The number of rotatable bonds is 3. The summed E-state index contributed by atoms with van der Waals surface area (Å²) in [5.74, 6) is 0.206. The van der Waals surface area contributed by atoms with Crippen molar-refractivity contribution < 1.29 is 4.92 Å². The van der Waals surface area contributed by atoms with Crippen molar-refractivity contribution in [2.75, 3.05) is 5.73 Å². The number of nitrogens with two attached hydrogens (primary N) is 1. The summed E-state index contributed by atoms with van der Waals surface area (Å²) in [6.07, 6.45) is 1.36. The molecule has 108 valence electrons. The van der Waals surface area contributed by atoms with E-state index in [0.717, 1.165) is 10.2 Å². The summed E-state index contributed by atoms with van der Waals surface area (Å²) in [6.45, 7) is 3.41. The van der Waals surface area contributed by atoms with Gasteiger partial charge in [-0.15, -0.1) is 0 Å². The second-order valence-corrected chi connectivity index (χ2v) is 4.66. The van der Waals surface area contributed by atoms with Crippen LogP contribution in [0.5, 0.6) is 0 Å². The number of aromatic nitrogens is 1. The Labute approximate surface area is 120 Å². The van der Waals surface area contributed by atoms with Crippen molar-refractivity contribution in [3.63, 3.8) is 0 Å². The summed E-state index contributed by atoms with van der Waals surface area (Å²) in [6, 6.07) is 7.73. The molecule has 0 bridgehead atoms. The second kappa shape index (κ2) is 5.58. The van der Waals surface area contributed by atoms with Gasteiger partial charge in [-0.05, 0) is 25.5 Å². The predicted octanol–water partition coefficient (Wildman–Crippen LogP) is 1.84. The zero-order valence-corrected chi connectivity index (χ0v) is 11.6. The van der Waals surface area contributed by atoms with Crippen molar-refractivity contribution in [2.45, 2.75) is 13.8 Å². The molecule has 0 saturated heterocycles. The Balaban J connectivity index is 2.41. The smallest absolute Gasteiger partial charge is 0.273 e. The molecule has 7 nitrogen and oxygen atoms in total. The van der Waals surface area contributed by atoms with Gasteiger partial charge in [0.05, 0.1) is 11.1 Å². The van der Waals surface area contributed by atoms with E-state index in [0.29, 0.717) is 11.1 Å². The van der Waals surface area contributed by atoms with E-state index in [1.807, 2.05) is 0 Å². The van der Waals surface area contributed by atoms with Crippen LogP contribution < -0.4 is 11.3 Å². The number of nitrogens with zero attached hydrogens (tertiary/aromatic N) is 3. The molecule has 0 aliphatic heterocycles. The van der Waals surface area contributed by atoms with E-state index in [4.69, 9.17) is 5.73 Å². The van der Waals surface area contributed by atoms with E-state index < -0.39 is 4.92 Å². The number of aryl methyl sites for hydroxylation is 2. The maximum atomic E-state index is 11.8. The molecule has 2 N–H and O–H groups in total. The molecule has 1 aromatic carbocycles. The fraction of sp³-hybridized carbons (Fsp3) is 0.143. The molecule has 0 aliphatic rings. The monoisotopic (exact) mass is 286 g/mol. The minimum absolute atomic E-state index is 0.00294. The zero-order chi connectivity index (χ0) is 15.6. The van der Waals surface area contributed by atoms with Gasteiger partial charge in [-0.25, -0.2) is 0 Å². The molecule has 7 heteroatoms. The van der Waals surface area contributed by atoms with Gasteiger partial charge in [0, 0.05) is 23.3 Å². The van der Waals surface area contributed by atoms with Crippen LogP contribution in [0.3, 0.4) is 0 Å². The molecule has 0 unspecified atom stereocenters. The molecule has 0 aliphatic carbocycles. The Hall–Kier alpha value is -2.96. The predicted molar refractivity (Wildman–Crippen MR) is 80.7 cm³/mol. The molecule has 1 heterocycles. The first-order chi connectivity index (χ1) is 9.88. The number of nitro groups is 1. The average Bonchev–Trinajstić information content (AvgIpc) is 2.38. The van der Waals surface area contributed by atoms with E-state index in [1.54, 1.807) is 32.0 Å². The van der Waals surface area contributed by atoms with Gasteiger partial charge in [-0.2, -0.15) is 9.78 Å². The summed E-state index contributed by atoms with van der Waals surface area (Å²) in [4.78, 5) is 22.2. The maximum Gasteiger partial charge on any atom is 0.273 e. The normalized spacial score (nSPS) is 11.0. The number of benzene rings is 1. The van der Waals surface area contributed by atoms with E-state index in [2.05, 4.69) is 5.10 Å². The molecule has 0 saturated carbocycles. The highest BCUT2D eigenvalue weighted by Gasteiger charge is 2.10. The molecule has 2 aromatic rings. The molecule has 2 rings (SSSR count). The van der Waals surface area contributed by atoms with E-state index >= 15 is 0 Å². The standard InChI is InChI=1S/C14H14N4O3/c1-9-5-13(15)17(14(19)6-9)16-8-11-4-3-10(2)12(7-11)18(20)21/h3-8H,15H2,1-2H3/b16-8-. The summed E-state index contributed by atoms with van der Waals surface area (Å²) in [5, 5.41) is 14.9. The minimum Gasteiger partial charge on any atom is -0.384 e. The number of nitrogen functional groups attached to an aromatic ring is 1. The molecule has 0 atom stereocenters. The fourth-order valence-electron chi connectivity index (χ4n) is 1.87. The molecular formula is C14H14N4O3. The van der Waals surface area contributed by atoms with E-state index in [-0.39, 0.29) is 17.1 Å². The SMILES string of the molecule is Cc1cc(N)n(/N=C\c2ccc(C)c([N+](=O)[O-])c2)c(=O)c1. The quantitative estimate of drug-likeness (QED) is 0.528. The van der Waals surface area contributed by atoms with Crippen LogP contribution in [0.2, 0.25) is 0 Å². The van der Waals surface area contributed by atoms with Crippen LogP contribution in [0.4, 0.5) is 11.5 Å². The van der Waals surface area contributed by atoms with Crippen molar-refractivity contribution in [2.24, 2.45) is 5.10 Å². The van der Waals surface area contributed by atoms with Gasteiger partial charge in [0.2, 0.25) is 0 Å². The highest BCUT2D eigenvalue weighted by Crippen LogP contribution is 2.18. The van der Waals surface area contributed by atoms with Crippen molar-refractivity contribution in [1.29, 1.82) is 0 Å². The average molecular weight is 286 g/mol. The number of pyridine rings is 1. The van der Waals surface area contributed by atoms with Crippen LogP contribution in [0.15, 0.2) is 40.2 Å². The number of hydrogen-bond acceptors (Lipinski definition) is 5. The Bertz CT molecular complexity index is 793. The Morgan fingerprint density at radius 2 is 2.00 bits per heavy atom. The first-order valence-electron chi connectivity index (χ1n) is 6.17. The van der Waals surface area contributed by atoms with Crippen molar-refractivity contribution in [1.82, 2.24) is 4.68 Å². The third-order valence-corrected chi connectivity index (χ3v) is 2.93. The largest absolute Gasteiger partial charge is 0.384 e. The van der Waals surface area contributed by atoms with Crippen LogP contribution in [0.1, 0.15) is 16.7 Å². The molecule has 0 radical (unpaired) electrons. The number of nitro benzene ring substituents is 1. The van der Waals surface area contributed by atoms with Gasteiger partial charge in [0.1, 0.15) is 5.82 Å². The Morgan fingerprint density at radius 3 is 2.62 bits per heavy atom. The minimum atomic E-state index is -0.459. The lowest BCUT2D eigenvalue weighted by atomic mass is 10.1. The van der Waals surface area contributed by atoms with Gasteiger partial charge in [0.15, 0.2) is 0 Å². The lowest BCUT2D eigenvalue weighted by Gasteiger charge is -2.04. The Morgan fingerprint density at radius 1 is 1.29 bits per heavy atom. The van der Waals surface area contributed by atoms with Gasteiger partial charge < -0.3 is 5.73 Å². The molecule has 21 heavy (non-hydrogen) atoms. The summed E-state index contributed by atoms with van der Waals surface area (Å²) >= 11 is 0. The second-order valence-electron chi connectivity index (χ2n) is 4.66. The van der Waals surface area contributed by atoms with Gasteiger partial charge in [0.25, 0.3) is 11.2 Å². The highest BCUT2D eigenvalue weighted by atomic mass is 16.6. The summed E-state index contributed by atoms with van der Waals surface area (Å²) < 4.78 is 1.04. The van der Waals surface area contributed by atoms with Gasteiger partial charge >= 0.3 is 0 Å². The molecule has 0 fully saturated rings. The third-order valence-electron chi connectivity index (χ3n) is 2.93. The Kier molecular flexibility index (Phi) is 3.84. The molecule has 1 aromatic heterocycles. The van der Waals surface area contributed by atoms with E-state index in [9.17, 15) is 14.9 Å². The molecule has 0 spiro atoms. The molecular weight excluding hydrogens is 272 g/mol. The van der Waals surface area contributed by atoms with Gasteiger partial charge in [-0.1, -0.05) is 12.1 Å². The van der Waals surface area contributed by atoms with Crippen molar-refractivity contribution in [3.8, 4) is 0 Å². The summed E-state index contributed by atoms with van der Waals surface area (Å²) in [5.41, 5.74) is 7.19. The lowest BCUT2D eigenvalue weighted by Crippen LogP contribution is -2.19. The van der Waals surface area contributed by atoms with Crippen molar-refractivity contribution in [3.05, 3.63) is 67.5 Å². The van der Waals surface area contributed by atoms with E-state index in [1.165, 1.54) is 18.3 Å². The van der Waals surface area contributed by atoms with Gasteiger partial charge in [-0.3, -0.25) is 14.9 Å². The maximum absolute atomic E-state index is 11.8. The topological polar surface area (TPSA) is 104 Å². The zero-order valence-electron chi connectivity index (χ0n) is 11.6. The van der Waals surface area contributed by atoms with Crippen LogP contribution in [-0.2, 0) is 0 Å². The van der Waals surface area contributed by atoms with Crippen LogP contribution in [0, 0.1) is 24.0 Å².